The van der Waals surface area contributed by atoms with Crippen molar-refractivity contribution in [2.24, 2.45) is 5.73 Å². The van der Waals surface area contributed by atoms with Crippen LogP contribution in [-0.2, 0) is 17.5 Å². The number of carbonyl (C=O) groups is 1. The van der Waals surface area contributed by atoms with Crippen molar-refractivity contribution >= 4 is 6.41 Å². The van der Waals surface area contributed by atoms with Gasteiger partial charge in [-0.3, -0.25) is 4.79 Å². The molecule has 3 unspecified atom stereocenters. The number of nitrogens with two attached hydrogens (primary N) is 1. The average Bonchev–Trinajstić information content (AvgIpc) is 2.94. The van der Waals surface area contributed by atoms with Gasteiger partial charge < -0.3 is 25.6 Å². The Hall–Kier alpha value is -2.92. The highest BCUT2D eigenvalue weighted by atomic mass is 19.4. The second kappa shape index (κ2) is 7.84. The van der Waals surface area contributed by atoms with Crippen molar-refractivity contribution in [3.8, 4) is 17.4 Å². The fourth-order valence-electron chi connectivity index (χ4n) is 3.14. The van der Waals surface area contributed by atoms with Crippen molar-refractivity contribution in [3.05, 3.63) is 47.2 Å². The third kappa shape index (κ3) is 4.40. The number of rotatable bonds is 5. The number of alkyl halides is 4. The Morgan fingerprint density at radius 2 is 2.00 bits per heavy atom. The molecule has 1 aromatic carbocycles. The second-order valence-electron chi connectivity index (χ2n) is 6.52. The predicted octanol–water partition coefficient (Wildman–Crippen LogP) is 2.27. The first kappa shape index (κ1) is 20.8. The second-order valence-corrected chi connectivity index (χ2v) is 6.52. The van der Waals surface area contributed by atoms with E-state index in [1.807, 2.05) is 0 Å². The zero-order valence-electron chi connectivity index (χ0n) is 14.8. The molecule has 1 aromatic heterocycles. The largest absolute Gasteiger partial charge is 0.508 e. The third-order valence-corrected chi connectivity index (χ3v) is 4.44. The maximum Gasteiger partial charge on any atom is 0.433 e. The average molecular weight is 415 g/mol. The number of aromatic nitrogens is 1. The molecular weight excluding hydrogens is 398 g/mol. The Bertz CT molecular complexity index is 909. The first-order valence-electron chi connectivity index (χ1n) is 8.45. The van der Waals surface area contributed by atoms with Crippen LogP contribution in [0.15, 0.2) is 30.3 Å². The molecule has 1 fully saturated rings. The molecule has 0 spiro atoms. The van der Waals surface area contributed by atoms with Gasteiger partial charge in [0.05, 0.1) is 12.6 Å². The van der Waals surface area contributed by atoms with Gasteiger partial charge in [0.25, 0.3) is 0 Å². The SMILES string of the molecule is NCc1cc(Oc2cc(O)cc(C3C(O)C(F)CN3C=O)c2)nc(C(F)(F)F)c1. The van der Waals surface area contributed by atoms with Gasteiger partial charge in [-0.05, 0) is 29.3 Å². The number of nitrogens with zero attached hydrogens (tertiary/aromatic N) is 2. The molecule has 2 heterocycles. The number of aromatic hydroxyl groups is 1. The molecule has 29 heavy (non-hydrogen) atoms. The molecular formula is C18H17F4N3O4. The lowest BCUT2D eigenvalue weighted by molar-refractivity contribution is -0.141. The number of amides is 1. The molecule has 0 aliphatic carbocycles. The standard InChI is InChI=1S/C18H17F4N3O4/c19-13-7-25(8-26)16(17(13)28)10-3-11(27)5-12(4-10)29-15-2-9(6-23)1-14(24-15)18(20,21)22/h1-5,8,13,16-17,27-28H,6-7,23H2. The van der Waals surface area contributed by atoms with Crippen LogP contribution < -0.4 is 10.5 Å². The van der Waals surface area contributed by atoms with Crippen LogP contribution in [0.3, 0.4) is 0 Å². The van der Waals surface area contributed by atoms with Crippen molar-refractivity contribution < 1.29 is 37.3 Å². The summed E-state index contributed by atoms with van der Waals surface area (Å²) in [5.74, 6) is -0.890. The fourth-order valence-corrected chi connectivity index (χ4v) is 3.14. The maximum absolute atomic E-state index is 13.8. The van der Waals surface area contributed by atoms with Gasteiger partial charge in [0.15, 0.2) is 0 Å². The van der Waals surface area contributed by atoms with E-state index in [9.17, 15) is 32.6 Å². The molecule has 0 radical (unpaired) electrons. The molecule has 1 amide bonds. The van der Waals surface area contributed by atoms with Gasteiger partial charge in [-0.15, -0.1) is 0 Å². The summed E-state index contributed by atoms with van der Waals surface area (Å²) >= 11 is 0. The van der Waals surface area contributed by atoms with E-state index in [0.717, 1.165) is 17.0 Å². The number of aliphatic hydroxyl groups is 1. The van der Waals surface area contributed by atoms with E-state index < -0.39 is 36.1 Å². The highest BCUT2D eigenvalue weighted by Gasteiger charge is 2.41. The van der Waals surface area contributed by atoms with Gasteiger partial charge in [0.2, 0.25) is 12.3 Å². The van der Waals surface area contributed by atoms with E-state index in [1.165, 1.54) is 18.2 Å². The number of aliphatic hydroxyl groups excluding tert-OH is 1. The van der Waals surface area contributed by atoms with E-state index in [4.69, 9.17) is 10.5 Å². The van der Waals surface area contributed by atoms with Crippen molar-refractivity contribution in [1.29, 1.82) is 0 Å². The summed E-state index contributed by atoms with van der Waals surface area (Å²) in [6.07, 6.45) is -7.58. The predicted molar refractivity (Wildman–Crippen MR) is 91.7 cm³/mol. The Kier molecular flexibility index (Phi) is 5.62. The molecule has 1 aliphatic heterocycles. The Labute approximate surface area is 162 Å². The van der Waals surface area contributed by atoms with Gasteiger partial charge in [0.1, 0.15) is 29.5 Å². The summed E-state index contributed by atoms with van der Waals surface area (Å²) in [6, 6.07) is 4.47. The van der Waals surface area contributed by atoms with Crippen LogP contribution in [-0.4, -0.2) is 45.3 Å². The molecule has 3 atom stereocenters. The summed E-state index contributed by atoms with van der Waals surface area (Å²) in [7, 11) is 0. The minimum Gasteiger partial charge on any atom is -0.508 e. The highest BCUT2D eigenvalue weighted by molar-refractivity contribution is 5.52. The third-order valence-electron chi connectivity index (χ3n) is 4.44. The van der Waals surface area contributed by atoms with Gasteiger partial charge >= 0.3 is 6.18 Å². The lowest BCUT2D eigenvalue weighted by atomic mass is 10.0. The van der Waals surface area contributed by atoms with E-state index in [1.54, 1.807) is 0 Å². The summed E-state index contributed by atoms with van der Waals surface area (Å²) in [5.41, 5.74) is 4.49. The summed E-state index contributed by atoms with van der Waals surface area (Å²) in [4.78, 5) is 15.6. The van der Waals surface area contributed by atoms with E-state index in [0.29, 0.717) is 6.41 Å². The molecule has 4 N–H and O–H groups in total. The smallest absolute Gasteiger partial charge is 0.433 e. The van der Waals surface area contributed by atoms with Crippen LogP contribution in [0.2, 0.25) is 0 Å². The molecule has 0 saturated carbocycles. The lowest BCUT2D eigenvalue weighted by Gasteiger charge is -2.23. The highest BCUT2D eigenvalue weighted by Crippen LogP contribution is 2.38. The van der Waals surface area contributed by atoms with Crippen LogP contribution in [0.4, 0.5) is 17.6 Å². The minimum absolute atomic E-state index is 0.116. The van der Waals surface area contributed by atoms with E-state index in [-0.39, 0.29) is 35.7 Å². The van der Waals surface area contributed by atoms with Crippen molar-refractivity contribution in [3.63, 3.8) is 0 Å². The number of likely N-dealkylation sites (tertiary alicyclic amines) is 1. The van der Waals surface area contributed by atoms with Crippen LogP contribution in [0.25, 0.3) is 0 Å². The number of hydrogen-bond donors (Lipinski definition) is 3. The number of ether oxygens (including phenoxy) is 1. The summed E-state index contributed by atoms with van der Waals surface area (Å²) in [5, 5.41) is 20.0. The first-order valence-corrected chi connectivity index (χ1v) is 8.45. The Morgan fingerprint density at radius 3 is 2.62 bits per heavy atom. The zero-order valence-corrected chi connectivity index (χ0v) is 14.8. The lowest BCUT2D eigenvalue weighted by Crippen LogP contribution is -2.26. The van der Waals surface area contributed by atoms with Gasteiger partial charge in [-0.2, -0.15) is 13.2 Å². The van der Waals surface area contributed by atoms with Crippen LogP contribution >= 0.6 is 0 Å². The summed E-state index contributed by atoms with van der Waals surface area (Å²) in [6.45, 7) is -0.524. The first-order chi connectivity index (χ1) is 13.6. The van der Waals surface area contributed by atoms with Gasteiger partial charge in [-0.1, -0.05) is 0 Å². The van der Waals surface area contributed by atoms with Crippen LogP contribution in [0.5, 0.6) is 17.4 Å². The van der Waals surface area contributed by atoms with Gasteiger partial charge in [0, 0.05) is 18.7 Å². The molecule has 7 nitrogen and oxygen atoms in total. The van der Waals surface area contributed by atoms with Crippen molar-refractivity contribution in [1.82, 2.24) is 9.88 Å². The Balaban J connectivity index is 1.96. The number of benzene rings is 1. The topological polar surface area (TPSA) is 109 Å². The van der Waals surface area contributed by atoms with Crippen LogP contribution in [0, 0.1) is 0 Å². The number of phenolic OH excluding ortho intramolecular Hbond substituents is 1. The number of phenols is 1. The quantitative estimate of drug-likeness (QED) is 0.511. The van der Waals surface area contributed by atoms with Gasteiger partial charge in [-0.25, -0.2) is 9.37 Å². The van der Waals surface area contributed by atoms with E-state index >= 15 is 0 Å². The molecule has 3 rings (SSSR count). The monoisotopic (exact) mass is 415 g/mol. The normalized spacial score (nSPS) is 22.0. The number of carbonyl (C=O) groups excluding carboxylic acids is 1. The molecule has 156 valence electrons. The molecule has 1 saturated heterocycles. The molecule has 0 bridgehead atoms. The van der Waals surface area contributed by atoms with E-state index in [2.05, 4.69) is 4.98 Å². The molecule has 1 aliphatic rings. The molecule has 2 aromatic rings. The van der Waals surface area contributed by atoms with Crippen LogP contribution in [0.1, 0.15) is 22.9 Å². The number of pyridine rings is 1. The number of halogens is 4. The molecule has 11 heteroatoms. The van der Waals surface area contributed by atoms with Crippen molar-refractivity contribution in [2.75, 3.05) is 6.54 Å². The minimum atomic E-state index is -4.72. The zero-order chi connectivity index (χ0) is 21.3. The number of hydrogen-bond acceptors (Lipinski definition) is 6. The Morgan fingerprint density at radius 1 is 1.28 bits per heavy atom. The van der Waals surface area contributed by atoms with Crippen molar-refractivity contribution in [2.45, 2.75) is 31.0 Å². The fraction of sp³-hybridized carbons (Fsp3) is 0.333. The summed E-state index contributed by atoms with van der Waals surface area (Å²) < 4.78 is 58.2. The maximum atomic E-state index is 13.8.